The van der Waals surface area contributed by atoms with Gasteiger partial charge in [0.05, 0.1) is 11.0 Å². The zero-order valence-corrected chi connectivity index (χ0v) is 10.3. The summed E-state index contributed by atoms with van der Waals surface area (Å²) >= 11 is 0. The van der Waals surface area contributed by atoms with E-state index in [4.69, 9.17) is 4.74 Å². The monoisotopic (exact) mass is 235 g/mol. The van der Waals surface area contributed by atoms with Crippen LogP contribution in [0.25, 0.3) is 0 Å². The molecule has 0 spiro atoms. The van der Waals surface area contributed by atoms with E-state index in [1.807, 2.05) is 0 Å². The second-order valence-electron chi connectivity index (χ2n) is 4.22. The first kappa shape index (κ1) is 12.9. The van der Waals surface area contributed by atoms with Crippen LogP contribution >= 0.6 is 0 Å². The summed E-state index contributed by atoms with van der Waals surface area (Å²) in [4.78, 5) is 0. The van der Waals surface area contributed by atoms with Gasteiger partial charge in [-0.1, -0.05) is 0 Å². The molecule has 15 heavy (non-hydrogen) atoms. The van der Waals surface area contributed by atoms with Crippen LogP contribution < -0.4 is 5.32 Å². The van der Waals surface area contributed by atoms with Crippen molar-refractivity contribution in [1.29, 1.82) is 0 Å². The van der Waals surface area contributed by atoms with E-state index in [-0.39, 0.29) is 5.25 Å². The third-order valence-corrected chi connectivity index (χ3v) is 5.19. The molecule has 5 heteroatoms. The van der Waals surface area contributed by atoms with Crippen molar-refractivity contribution in [2.75, 3.05) is 26.0 Å². The van der Waals surface area contributed by atoms with Crippen molar-refractivity contribution >= 4 is 9.84 Å². The van der Waals surface area contributed by atoms with E-state index in [0.29, 0.717) is 24.9 Å². The molecule has 4 nitrogen and oxygen atoms in total. The quantitative estimate of drug-likeness (QED) is 0.731. The Kier molecular flexibility index (Phi) is 5.02. The summed E-state index contributed by atoms with van der Waals surface area (Å²) < 4.78 is 28.0. The molecule has 0 aromatic rings. The van der Waals surface area contributed by atoms with Gasteiger partial charge in [-0.2, -0.15) is 0 Å². The highest BCUT2D eigenvalue weighted by Gasteiger charge is 2.30. The summed E-state index contributed by atoms with van der Waals surface area (Å²) in [5.74, 6) is 0.367. The molecule has 1 saturated heterocycles. The van der Waals surface area contributed by atoms with Crippen LogP contribution in [0.15, 0.2) is 0 Å². The predicted molar refractivity (Wildman–Crippen MR) is 60.8 cm³/mol. The Morgan fingerprint density at radius 3 is 2.80 bits per heavy atom. The third-order valence-electron chi connectivity index (χ3n) is 2.91. The number of nitrogens with one attached hydrogen (secondary N) is 1. The summed E-state index contributed by atoms with van der Waals surface area (Å²) in [6, 6.07) is 0.320. The van der Waals surface area contributed by atoms with Crippen molar-refractivity contribution < 1.29 is 13.2 Å². The maximum absolute atomic E-state index is 11.5. The summed E-state index contributed by atoms with van der Waals surface area (Å²) in [6.07, 6.45) is 2.55. The number of methoxy groups -OCH3 is 1. The average molecular weight is 235 g/mol. The Bertz CT molecular complexity index is 276. The molecule has 0 aromatic carbocycles. The largest absolute Gasteiger partial charge is 0.385 e. The van der Waals surface area contributed by atoms with Gasteiger partial charge in [0.1, 0.15) is 0 Å². The average Bonchev–Trinajstić information content (AvgIpc) is 2.51. The molecule has 2 unspecified atom stereocenters. The molecule has 2 atom stereocenters. The summed E-state index contributed by atoms with van der Waals surface area (Å²) in [5, 5.41) is 3.09. The van der Waals surface area contributed by atoms with E-state index in [1.165, 1.54) is 0 Å². The summed E-state index contributed by atoms with van der Waals surface area (Å²) in [7, 11) is -1.12. The van der Waals surface area contributed by atoms with Crippen LogP contribution in [0.1, 0.15) is 26.2 Å². The van der Waals surface area contributed by atoms with E-state index in [1.54, 1.807) is 7.11 Å². The summed E-state index contributed by atoms with van der Waals surface area (Å²) in [6.45, 7) is 3.36. The molecule has 0 saturated carbocycles. The van der Waals surface area contributed by atoms with Crippen molar-refractivity contribution in [2.45, 2.75) is 37.5 Å². The number of sulfone groups is 1. The van der Waals surface area contributed by atoms with Gasteiger partial charge in [0.25, 0.3) is 0 Å². The number of hydrogen-bond acceptors (Lipinski definition) is 4. The van der Waals surface area contributed by atoms with Crippen molar-refractivity contribution in [1.82, 2.24) is 5.32 Å². The zero-order chi connectivity index (χ0) is 11.3. The van der Waals surface area contributed by atoms with Crippen molar-refractivity contribution in [3.63, 3.8) is 0 Å². The minimum atomic E-state index is -2.80. The third kappa shape index (κ3) is 4.09. The lowest BCUT2D eigenvalue weighted by Crippen LogP contribution is -2.36. The highest BCUT2D eigenvalue weighted by Crippen LogP contribution is 2.19. The predicted octanol–water partition coefficient (Wildman–Crippen LogP) is 0.578. The van der Waals surface area contributed by atoms with Gasteiger partial charge in [0.2, 0.25) is 0 Å². The second-order valence-corrected chi connectivity index (χ2v) is 6.62. The first-order valence-corrected chi connectivity index (χ1v) is 7.21. The topological polar surface area (TPSA) is 55.4 Å². The zero-order valence-electron chi connectivity index (χ0n) is 9.53. The summed E-state index contributed by atoms with van der Waals surface area (Å²) in [5.41, 5.74) is 0. The van der Waals surface area contributed by atoms with Crippen LogP contribution in [-0.2, 0) is 14.6 Å². The van der Waals surface area contributed by atoms with Crippen LogP contribution in [0, 0.1) is 0 Å². The van der Waals surface area contributed by atoms with Crippen molar-refractivity contribution in [3.8, 4) is 0 Å². The highest BCUT2D eigenvalue weighted by molar-refractivity contribution is 7.92. The van der Waals surface area contributed by atoms with Gasteiger partial charge >= 0.3 is 0 Å². The molecule has 0 amide bonds. The lowest BCUT2D eigenvalue weighted by Gasteiger charge is -2.16. The standard InChI is InChI=1S/C10H21NO3S/c1-9(5-6-14-2)11-8-10-4-3-7-15(10,12)13/h9-11H,3-8H2,1-2H3. The minimum absolute atomic E-state index is 0.164. The van der Waals surface area contributed by atoms with Crippen LogP contribution in [0.2, 0.25) is 0 Å². The number of rotatable bonds is 6. The van der Waals surface area contributed by atoms with Gasteiger partial charge in [0.15, 0.2) is 9.84 Å². The van der Waals surface area contributed by atoms with E-state index < -0.39 is 9.84 Å². The molecule has 1 aliphatic rings. The molecule has 1 rings (SSSR count). The molecule has 0 aliphatic carbocycles. The van der Waals surface area contributed by atoms with Crippen LogP contribution in [-0.4, -0.2) is 45.7 Å². The van der Waals surface area contributed by atoms with Gasteiger partial charge in [-0.3, -0.25) is 0 Å². The number of ether oxygens (including phenoxy) is 1. The molecule has 1 fully saturated rings. The first-order chi connectivity index (χ1) is 7.06. The van der Waals surface area contributed by atoms with E-state index in [9.17, 15) is 8.42 Å². The Labute approximate surface area is 92.3 Å². The molecular weight excluding hydrogens is 214 g/mol. The van der Waals surface area contributed by atoms with Crippen molar-refractivity contribution in [2.24, 2.45) is 0 Å². The Hall–Kier alpha value is -0.130. The van der Waals surface area contributed by atoms with E-state index in [0.717, 1.165) is 19.3 Å². The van der Waals surface area contributed by atoms with Gasteiger partial charge < -0.3 is 10.1 Å². The van der Waals surface area contributed by atoms with Crippen LogP contribution in [0.5, 0.6) is 0 Å². The molecule has 1 aliphatic heterocycles. The van der Waals surface area contributed by atoms with Crippen LogP contribution in [0.3, 0.4) is 0 Å². The lowest BCUT2D eigenvalue weighted by atomic mass is 10.2. The van der Waals surface area contributed by atoms with Gasteiger partial charge in [-0.05, 0) is 26.2 Å². The maximum atomic E-state index is 11.5. The molecule has 0 aromatic heterocycles. The molecule has 0 bridgehead atoms. The molecule has 90 valence electrons. The first-order valence-electron chi connectivity index (χ1n) is 5.50. The van der Waals surface area contributed by atoms with Gasteiger partial charge in [0, 0.05) is 26.3 Å². The van der Waals surface area contributed by atoms with E-state index >= 15 is 0 Å². The smallest absolute Gasteiger partial charge is 0.154 e. The van der Waals surface area contributed by atoms with E-state index in [2.05, 4.69) is 12.2 Å². The maximum Gasteiger partial charge on any atom is 0.154 e. The van der Waals surface area contributed by atoms with Gasteiger partial charge in [-0.15, -0.1) is 0 Å². The Morgan fingerprint density at radius 1 is 1.53 bits per heavy atom. The van der Waals surface area contributed by atoms with Crippen molar-refractivity contribution in [3.05, 3.63) is 0 Å². The Morgan fingerprint density at radius 2 is 2.27 bits per heavy atom. The Balaban J connectivity index is 2.25. The second kappa shape index (κ2) is 5.82. The molecule has 1 N–H and O–H groups in total. The fourth-order valence-corrected chi connectivity index (χ4v) is 3.60. The normalized spacial score (nSPS) is 26.7. The molecule has 1 heterocycles. The van der Waals surface area contributed by atoms with Gasteiger partial charge in [-0.25, -0.2) is 8.42 Å². The molecule has 0 radical (unpaired) electrons. The fraction of sp³-hybridized carbons (Fsp3) is 1.00. The number of hydrogen-bond donors (Lipinski definition) is 1. The molecular formula is C10H21NO3S. The lowest BCUT2D eigenvalue weighted by molar-refractivity contribution is 0.185. The highest BCUT2D eigenvalue weighted by atomic mass is 32.2. The van der Waals surface area contributed by atoms with Crippen LogP contribution in [0.4, 0.5) is 0 Å². The fourth-order valence-electron chi connectivity index (χ4n) is 1.82. The minimum Gasteiger partial charge on any atom is -0.385 e. The SMILES string of the molecule is COCCC(C)NCC1CCCS1(=O)=O.